The van der Waals surface area contributed by atoms with Crippen molar-refractivity contribution in [3.05, 3.63) is 0 Å². The highest BCUT2D eigenvalue weighted by Gasteiger charge is 2.43. The second-order valence-corrected chi connectivity index (χ2v) is 6.75. The monoisotopic (exact) mass is 298 g/mol. The van der Waals surface area contributed by atoms with E-state index in [2.05, 4.69) is 13.8 Å². The minimum Gasteiger partial charge on any atom is -0.481 e. The number of hydrogen-bond acceptors (Lipinski definition) is 2. The largest absolute Gasteiger partial charge is 0.481 e. The van der Waals surface area contributed by atoms with Crippen molar-refractivity contribution in [2.24, 2.45) is 11.3 Å². The first-order valence-electron chi connectivity index (χ1n) is 8.06. The SMILES string of the molecule is CCCC1(C(=O)O)CCCN(C(=O)N(C)CCC(C)C)C1. The lowest BCUT2D eigenvalue weighted by Crippen LogP contribution is -2.53. The standard InChI is InChI=1S/C16H30N2O3/c1-5-8-16(14(19)20)9-6-10-18(12-16)15(21)17(4)11-7-13(2)3/h13H,5-12H2,1-4H3,(H,19,20). The fraction of sp³-hybridized carbons (Fsp3) is 0.875. The maximum Gasteiger partial charge on any atom is 0.319 e. The Labute approximate surface area is 128 Å². The van der Waals surface area contributed by atoms with Crippen LogP contribution in [0, 0.1) is 11.3 Å². The number of hydrogen-bond donors (Lipinski definition) is 1. The van der Waals surface area contributed by atoms with Gasteiger partial charge in [0.05, 0.1) is 5.41 Å². The smallest absolute Gasteiger partial charge is 0.319 e. The summed E-state index contributed by atoms with van der Waals surface area (Å²) in [6.45, 7) is 8.01. The van der Waals surface area contributed by atoms with Crippen LogP contribution in [0.5, 0.6) is 0 Å². The van der Waals surface area contributed by atoms with Crippen molar-refractivity contribution < 1.29 is 14.7 Å². The Kier molecular flexibility index (Phi) is 6.49. The third kappa shape index (κ3) is 4.61. The number of carbonyl (C=O) groups excluding carboxylic acids is 1. The van der Waals surface area contributed by atoms with E-state index in [-0.39, 0.29) is 6.03 Å². The average molecular weight is 298 g/mol. The topological polar surface area (TPSA) is 60.9 Å². The van der Waals surface area contributed by atoms with Crippen molar-refractivity contribution in [2.75, 3.05) is 26.7 Å². The summed E-state index contributed by atoms with van der Waals surface area (Å²) in [4.78, 5) is 27.6. The third-order valence-electron chi connectivity index (χ3n) is 4.40. The van der Waals surface area contributed by atoms with Crippen LogP contribution in [0.1, 0.15) is 52.9 Å². The molecule has 0 aromatic carbocycles. The predicted molar refractivity (Wildman–Crippen MR) is 83.3 cm³/mol. The number of carbonyl (C=O) groups is 2. The molecule has 0 aromatic heterocycles. The fourth-order valence-corrected chi connectivity index (χ4v) is 3.05. The Bertz CT molecular complexity index is 367. The van der Waals surface area contributed by atoms with Gasteiger partial charge in [-0.25, -0.2) is 4.79 Å². The van der Waals surface area contributed by atoms with Crippen LogP contribution < -0.4 is 0 Å². The Morgan fingerprint density at radius 2 is 2.05 bits per heavy atom. The zero-order chi connectivity index (χ0) is 16.0. The van der Waals surface area contributed by atoms with Crippen molar-refractivity contribution in [3.63, 3.8) is 0 Å². The lowest BCUT2D eigenvalue weighted by molar-refractivity contribution is -0.152. The Balaban J connectivity index is 2.70. The van der Waals surface area contributed by atoms with Crippen LogP contribution in [0.4, 0.5) is 4.79 Å². The van der Waals surface area contributed by atoms with Crippen LogP contribution in [-0.2, 0) is 4.79 Å². The third-order valence-corrected chi connectivity index (χ3v) is 4.40. The molecule has 0 aromatic rings. The van der Waals surface area contributed by atoms with Crippen molar-refractivity contribution in [2.45, 2.75) is 52.9 Å². The normalized spacial score (nSPS) is 22.4. The highest BCUT2D eigenvalue weighted by molar-refractivity contribution is 5.78. The van der Waals surface area contributed by atoms with E-state index in [4.69, 9.17) is 0 Å². The van der Waals surface area contributed by atoms with Crippen molar-refractivity contribution >= 4 is 12.0 Å². The molecule has 1 aliphatic rings. The molecule has 5 nitrogen and oxygen atoms in total. The lowest BCUT2D eigenvalue weighted by atomic mass is 9.76. The highest BCUT2D eigenvalue weighted by atomic mass is 16.4. The maximum atomic E-state index is 12.5. The first-order chi connectivity index (χ1) is 9.82. The molecule has 1 atom stereocenters. The molecule has 0 spiro atoms. The van der Waals surface area contributed by atoms with Gasteiger partial charge < -0.3 is 14.9 Å². The summed E-state index contributed by atoms with van der Waals surface area (Å²) in [7, 11) is 1.81. The van der Waals surface area contributed by atoms with Gasteiger partial charge in [0.2, 0.25) is 0 Å². The molecular weight excluding hydrogens is 268 g/mol. The number of piperidine rings is 1. The molecule has 1 heterocycles. The van der Waals surface area contributed by atoms with E-state index in [9.17, 15) is 14.7 Å². The van der Waals surface area contributed by atoms with E-state index >= 15 is 0 Å². The summed E-state index contributed by atoms with van der Waals surface area (Å²) < 4.78 is 0. The van der Waals surface area contributed by atoms with Gasteiger partial charge in [-0.15, -0.1) is 0 Å². The molecule has 1 rings (SSSR count). The lowest BCUT2D eigenvalue weighted by Gasteiger charge is -2.41. The quantitative estimate of drug-likeness (QED) is 0.820. The van der Waals surface area contributed by atoms with Crippen molar-refractivity contribution in [1.29, 1.82) is 0 Å². The molecule has 21 heavy (non-hydrogen) atoms. The van der Waals surface area contributed by atoms with Gasteiger partial charge in [0, 0.05) is 26.7 Å². The predicted octanol–water partition coefficient (Wildman–Crippen LogP) is 3.05. The number of urea groups is 1. The summed E-state index contributed by atoms with van der Waals surface area (Å²) in [5, 5.41) is 9.58. The van der Waals surface area contributed by atoms with E-state index in [0.29, 0.717) is 31.8 Å². The fourth-order valence-electron chi connectivity index (χ4n) is 3.05. The maximum absolute atomic E-state index is 12.5. The zero-order valence-corrected chi connectivity index (χ0v) is 13.9. The van der Waals surface area contributed by atoms with Gasteiger partial charge in [-0.3, -0.25) is 4.79 Å². The molecule has 1 unspecified atom stereocenters. The minimum absolute atomic E-state index is 0.0305. The highest BCUT2D eigenvalue weighted by Crippen LogP contribution is 2.35. The van der Waals surface area contributed by atoms with Crippen LogP contribution in [0.3, 0.4) is 0 Å². The Morgan fingerprint density at radius 3 is 2.57 bits per heavy atom. The molecular formula is C16H30N2O3. The number of amides is 2. The zero-order valence-electron chi connectivity index (χ0n) is 13.9. The summed E-state index contributed by atoms with van der Waals surface area (Å²) in [6, 6.07) is -0.0305. The van der Waals surface area contributed by atoms with Crippen LogP contribution >= 0.6 is 0 Å². The van der Waals surface area contributed by atoms with Gasteiger partial charge in [-0.2, -0.15) is 0 Å². The summed E-state index contributed by atoms with van der Waals surface area (Å²) in [6.07, 6.45) is 3.89. The van der Waals surface area contributed by atoms with E-state index in [1.165, 1.54) is 0 Å². The molecule has 0 aliphatic carbocycles. The second kappa shape index (κ2) is 7.66. The van der Waals surface area contributed by atoms with E-state index < -0.39 is 11.4 Å². The number of carboxylic acid groups (broad SMARTS) is 1. The van der Waals surface area contributed by atoms with Gasteiger partial charge in [0.15, 0.2) is 0 Å². The molecule has 122 valence electrons. The first-order valence-corrected chi connectivity index (χ1v) is 8.06. The molecule has 1 saturated heterocycles. The molecule has 0 bridgehead atoms. The van der Waals surface area contributed by atoms with E-state index in [1.807, 2.05) is 14.0 Å². The number of nitrogens with zero attached hydrogens (tertiary/aromatic N) is 2. The van der Waals surface area contributed by atoms with Gasteiger partial charge in [-0.05, 0) is 31.6 Å². The summed E-state index contributed by atoms with van der Waals surface area (Å²) in [5.74, 6) is -0.202. The molecule has 2 amide bonds. The van der Waals surface area contributed by atoms with Crippen molar-refractivity contribution in [1.82, 2.24) is 9.80 Å². The van der Waals surface area contributed by atoms with Crippen LogP contribution in [-0.4, -0.2) is 53.6 Å². The molecule has 0 radical (unpaired) electrons. The second-order valence-electron chi connectivity index (χ2n) is 6.75. The van der Waals surface area contributed by atoms with Crippen LogP contribution in [0.25, 0.3) is 0 Å². The van der Waals surface area contributed by atoms with Gasteiger partial charge in [0.25, 0.3) is 0 Å². The van der Waals surface area contributed by atoms with Crippen LogP contribution in [0.2, 0.25) is 0 Å². The number of likely N-dealkylation sites (tertiary alicyclic amines) is 1. The number of rotatable bonds is 6. The van der Waals surface area contributed by atoms with Gasteiger partial charge in [0.1, 0.15) is 0 Å². The van der Waals surface area contributed by atoms with Crippen molar-refractivity contribution in [3.8, 4) is 0 Å². The number of aliphatic carboxylic acids is 1. The van der Waals surface area contributed by atoms with Crippen LogP contribution in [0.15, 0.2) is 0 Å². The molecule has 1 fully saturated rings. The first kappa shape index (κ1) is 17.8. The summed E-state index contributed by atoms with van der Waals surface area (Å²) >= 11 is 0. The molecule has 5 heteroatoms. The molecule has 0 saturated carbocycles. The van der Waals surface area contributed by atoms with Gasteiger partial charge >= 0.3 is 12.0 Å². The van der Waals surface area contributed by atoms with E-state index in [1.54, 1.807) is 9.80 Å². The average Bonchev–Trinajstić information content (AvgIpc) is 2.44. The Morgan fingerprint density at radius 1 is 1.38 bits per heavy atom. The molecule has 1 N–H and O–H groups in total. The number of carboxylic acids is 1. The Hall–Kier alpha value is -1.26. The summed E-state index contributed by atoms with van der Waals surface area (Å²) in [5.41, 5.74) is -0.748. The molecule has 1 aliphatic heterocycles. The van der Waals surface area contributed by atoms with Gasteiger partial charge in [-0.1, -0.05) is 27.2 Å². The minimum atomic E-state index is -0.758. The van der Waals surface area contributed by atoms with E-state index in [0.717, 1.165) is 25.8 Å².